The fourth-order valence-corrected chi connectivity index (χ4v) is 5.77. The Morgan fingerprint density at radius 3 is 2.38 bits per heavy atom. The summed E-state index contributed by atoms with van der Waals surface area (Å²) in [6.45, 7) is 3.39. The first kappa shape index (κ1) is 28.6. The van der Waals surface area contributed by atoms with Crippen LogP contribution in [0.25, 0.3) is 0 Å². The van der Waals surface area contributed by atoms with Crippen LogP contribution >= 0.6 is 0 Å². The first-order valence-corrected chi connectivity index (χ1v) is 13.9. The lowest BCUT2D eigenvalue weighted by Gasteiger charge is -2.26. The second kappa shape index (κ2) is 11.7. The predicted molar refractivity (Wildman–Crippen MR) is 142 cm³/mol. The van der Waals surface area contributed by atoms with Crippen LogP contribution in [-0.4, -0.2) is 49.4 Å². The summed E-state index contributed by atoms with van der Waals surface area (Å²) >= 11 is 0. The molecule has 0 spiro atoms. The molecule has 0 aliphatic carbocycles. The third-order valence-electron chi connectivity index (χ3n) is 6.00. The molecule has 1 aliphatic rings. The van der Waals surface area contributed by atoms with Gasteiger partial charge in [-0.3, -0.25) is 4.79 Å². The number of amides is 2. The molecule has 0 unspecified atom stereocenters. The number of halogens is 1. The van der Waals surface area contributed by atoms with Crippen LogP contribution < -0.4 is 15.0 Å². The molecular formula is C28H27FN2O8S. The van der Waals surface area contributed by atoms with E-state index in [9.17, 15) is 32.3 Å². The van der Waals surface area contributed by atoms with Gasteiger partial charge in [0, 0.05) is 0 Å². The molecule has 0 aromatic heterocycles. The van der Waals surface area contributed by atoms with Crippen molar-refractivity contribution in [1.29, 1.82) is 0 Å². The van der Waals surface area contributed by atoms with E-state index in [1.165, 1.54) is 0 Å². The van der Waals surface area contributed by atoms with Gasteiger partial charge in [0.15, 0.2) is 9.84 Å². The van der Waals surface area contributed by atoms with Crippen LogP contribution in [0.2, 0.25) is 0 Å². The largest absolute Gasteiger partial charge is 0.491 e. The van der Waals surface area contributed by atoms with Gasteiger partial charge >= 0.3 is 12.1 Å². The molecule has 2 N–H and O–H groups in total. The molecular weight excluding hydrogens is 543 g/mol. The van der Waals surface area contributed by atoms with E-state index in [0.29, 0.717) is 22.9 Å². The maximum Gasteiger partial charge on any atom is 0.408 e. The monoisotopic (exact) mass is 570 g/mol. The van der Waals surface area contributed by atoms with Crippen molar-refractivity contribution < 1.29 is 41.8 Å². The summed E-state index contributed by atoms with van der Waals surface area (Å²) in [6, 6.07) is 15.2. The zero-order valence-corrected chi connectivity index (χ0v) is 22.5. The van der Waals surface area contributed by atoms with Crippen molar-refractivity contribution in [2.75, 3.05) is 10.7 Å². The van der Waals surface area contributed by atoms with Crippen LogP contribution in [-0.2, 0) is 32.5 Å². The van der Waals surface area contributed by atoms with Gasteiger partial charge in [-0.15, -0.1) is 0 Å². The van der Waals surface area contributed by atoms with Crippen LogP contribution in [0.1, 0.15) is 35.3 Å². The minimum absolute atomic E-state index is 0.0760. The zero-order valence-electron chi connectivity index (χ0n) is 21.7. The highest BCUT2D eigenvalue weighted by Crippen LogP contribution is 2.34. The Morgan fingerprint density at radius 1 is 1.07 bits per heavy atom. The number of carboxylic acids is 1. The van der Waals surface area contributed by atoms with Crippen LogP contribution in [0.5, 0.6) is 5.75 Å². The van der Waals surface area contributed by atoms with Crippen molar-refractivity contribution >= 4 is 33.5 Å². The Hall–Kier alpha value is -4.45. The Labute approximate surface area is 230 Å². The Bertz CT molecular complexity index is 1530. The summed E-state index contributed by atoms with van der Waals surface area (Å²) in [5, 5.41) is 11.8. The van der Waals surface area contributed by atoms with Gasteiger partial charge in [0.1, 0.15) is 24.2 Å². The molecule has 3 aromatic rings. The van der Waals surface area contributed by atoms with Gasteiger partial charge in [0.25, 0.3) is 5.91 Å². The number of carbonyl (C=O) groups is 3. The highest BCUT2D eigenvalue weighted by Gasteiger charge is 2.40. The number of carbonyl (C=O) groups excluding carboxylic acids is 2. The molecule has 3 aromatic carbocycles. The number of sulfone groups is 1. The molecule has 0 saturated heterocycles. The topological polar surface area (TPSA) is 139 Å². The molecule has 40 heavy (non-hydrogen) atoms. The molecule has 12 heteroatoms. The number of benzene rings is 3. The highest BCUT2D eigenvalue weighted by molar-refractivity contribution is 7.91. The van der Waals surface area contributed by atoms with Gasteiger partial charge in [0.2, 0.25) is 0 Å². The van der Waals surface area contributed by atoms with Crippen LogP contribution in [0.4, 0.5) is 14.9 Å². The molecule has 210 valence electrons. The summed E-state index contributed by atoms with van der Waals surface area (Å²) in [5.74, 6) is -4.07. The van der Waals surface area contributed by atoms with Gasteiger partial charge in [-0.1, -0.05) is 42.5 Å². The number of carboxylic acid groups (broad SMARTS) is 1. The molecule has 1 aliphatic heterocycles. The number of nitrogens with zero attached hydrogens (tertiary/aromatic N) is 1. The quantitative estimate of drug-likeness (QED) is 0.415. The van der Waals surface area contributed by atoms with E-state index in [4.69, 9.17) is 9.47 Å². The lowest BCUT2D eigenvalue weighted by atomic mass is 10.1. The lowest BCUT2D eigenvalue weighted by molar-refractivity contribution is -0.120. The van der Waals surface area contributed by atoms with E-state index in [-0.39, 0.29) is 24.9 Å². The molecule has 1 atom stereocenters. The van der Waals surface area contributed by atoms with Crippen LogP contribution in [0.15, 0.2) is 71.6 Å². The van der Waals surface area contributed by atoms with Gasteiger partial charge < -0.3 is 24.8 Å². The molecule has 2 amide bonds. The minimum Gasteiger partial charge on any atom is -0.491 e. The summed E-state index contributed by atoms with van der Waals surface area (Å²) in [7, 11) is -4.37. The maximum absolute atomic E-state index is 14.6. The molecule has 4 rings (SSSR count). The highest BCUT2D eigenvalue weighted by atomic mass is 32.2. The van der Waals surface area contributed by atoms with Gasteiger partial charge in [0.05, 0.1) is 34.5 Å². The van der Waals surface area contributed by atoms with Crippen LogP contribution in [0.3, 0.4) is 0 Å². The van der Waals surface area contributed by atoms with E-state index in [1.807, 2.05) is 13.8 Å². The number of rotatable bonds is 8. The van der Waals surface area contributed by atoms with E-state index < -0.39 is 55.9 Å². The van der Waals surface area contributed by atoms with Crippen molar-refractivity contribution in [2.24, 2.45) is 0 Å². The smallest absolute Gasteiger partial charge is 0.408 e. The zero-order chi connectivity index (χ0) is 29.0. The number of ether oxygens (including phenoxy) is 2. The summed E-state index contributed by atoms with van der Waals surface area (Å²) < 4.78 is 52.0. The number of fused-ring (bicyclic) bond motifs is 1. The summed E-state index contributed by atoms with van der Waals surface area (Å²) in [4.78, 5) is 38.4. The second-order valence-corrected chi connectivity index (χ2v) is 11.4. The Balaban J connectivity index is 1.69. The molecule has 0 fully saturated rings. The van der Waals surface area contributed by atoms with Crippen LogP contribution in [0, 0.1) is 5.82 Å². The molecule has 0 radical (unpaired) electrons. The third-order valence-corrected chi connectivity index (χ3v) is 7.77. The number of hydrogen-bond acceptors (Lipinski definition) is 7. The first-order valence-electron chi connectivity index (χ1n) is 12.3. The van der Waals surface area contributed by atoms with E-state index >= 15 is 0 Å². The molecule has 10 nitrogen and oxygen atoms in total. The van der Waals surface area contributed by atoms with E-state index in [2.05, 4.69) is 5.32 Å². The number of alkyl carbamates (subject to hydrolysis) is 1. The Kier molecular flexibility index (Phi) is 8.38. The fourth-order valence-electron chi connectivity index (χ4n) is 4.16. The van der Waals surface area contributed by atoms with Crippen molar-refractivity contribution in [3.63, 3.8) is 0 Å². The van der Waals surface area contributed by atoms with Crippen molar-refractivity contribution in [1.82, 2.24) is 5.32 Å². The number of aromatic carboxylic acids is 1. The minimum atomic E-state index is -4.37. The molecule has 1 heterocycles. The third kappa shape index (κ3) is 6.57. The van der Waals surface area contributed by atoms with Crippen molar-refractivity contribution in [2.45, 2.75) is 44.0 Å². The number of nitrogens with one attached hydrogen (secondary N) is 1. The molecule has 0 saturated carbocycles. The predicted octanol–water partition coefficient (Wildman–Crippen LogP) is 3.93. The fraction of sp³-hybridized carbons (Fsp3) is 0.250. The van der Waals surface area contributed by atoms with Gasteiger partial charge in [-0.25, -0.2) is 22.4 Å². The standard InChI is InChI=1S/C28H27FN2O8S/c1-17(2)39-20-10-8-18(9-11-20)14-31-24-12-21(27(33)34)22(29)13-25(24)40(36,37)16-23(26(31)32)30-28(35)38-15-19-6-4-3-5-7-19/h3-13,17,23H,14-16H2,1-2H3,(H,30,35)(H,33,34)/t23-/m0/s1. The summed E-state index contributed by atoms with van der Waals surface area (Å²) in [6.07, 6.45) is -1.11. The van der Waals surface area contributed by atoms with E-state index in [1.54, 1.807) is 54.6 Å². The van der Waals surface area contributed by atoms with Gasteiger partial charge in [-0.2, -0.15) is 0 Å². The van der Waals surface area contributed by atoms with Gasteiger partial charge in [-0.05, 0) is 49.2 Å². The normalized spacial score (nSPS) is 16.1. The maximum atomic E-state index is 14.6. The van der Waals surface area contributed by atoms with E-state index in [0.717, 1.165) is 11.0 Å². The molecule has 0 bridgehead atoms. The SMILES string of the molecule is CC(C)Oc1ccc(CN2C(=O)[C@@H](NC(=O)OCc3ccccc3)CS(=O)(=O)c3cc(F)c(C(=O)O)cc32)cc1. The second-order valence-electron chi connectivity index (χ2n) is 9.38. The summed E-state index contributed by atoms with van der Waals surface area (Å²) in [5.41, 5.74) is 0.101. The Morgan fingerprint density at radius 2 is 1.75 bits per heavy atom. The number of anilines is 1. The van der Waals surface area contributed by atoms with Crippen molar-refractivity contribution in [3.05, 3.63) is 89.2 Å². The first-order chi connectivity index (χ1) is 18.9. The average molecular weight is 571 g/mol. The average Bonchev–Trinajstić information content (AvgIpc) is 2.97. The lowest BCUT2D eigenvalue weighted by Crippen LogP contribution is -2.50. The van der Waals surface area contributed by atoms with Crippen molar-refractivity contribution in [3.8, 4) is 5.75 Å². The number of hydrogen-bond donors (Lipinski definition) is 2.